The highest BCUT2D eigenvalue weighted by Gasteiger charge is 2.39. The molecular formula is C20H19NO7S. The van der Waals surface area contributed by atoms with E-state index in [1.165, 1.54) is 48.5 Å². The predicted octanol–water partition coefficient (Wildman–Crippen LogP) is 2.18. The van der Waals surface area contributed by atoms with Gasteiger partial charge in [0, 0.05) is 5.56 Å². The molecule has 0 saturated carbocycles. The van der Waals surface area contributed by atoms with Gasteiger partial charge in [-0.25, -0.2) is 4.79 Å². The number of carbonyl (C=O) groups excluding carboxylic acids is 2. The zero-order chi connectivity index (χ0) is 23.7. The molecule has 0 radical (unpaired) electrons. The van der Waals surface area contributed by atoms with E-state index in [2.05, 4.69) is 0 Å². The SMILES string of the molecule is [2H]C1(c2ccc(C(=O)OCC)cc2)OC(N)=C(OS(=O)(=O)C([2H])([2H])c2ccccc2)C1=O. The summed E-state index contributed by atoms with van der Waals surface area (Å²) in [5.74, 6) is -3.64. The van der Waals surface area contributed by atoms with Crippen molar-refractivity contribution in [1.29, 1.82) is 0 Å². The molecule has 0 fully saturated rings. The first-order valence-corrected chi connectivity index (χ1v) is 9.85. The van der Waals surface area contributed by atoms with Crippen LogP contribution in [0.5, 0.6) is 0 Å². The topological polar surface area (TPSA) is 122 Å². The van der Waals surface area contributed by atoms with Gasteiger partial charge in [-0.05, 0) is 24.6 Å². The number of hydrogen-bond donors (Lipinski definition) is 1. The van der Waals surface area contributed by atoms with Crippen molar-refractivity contribution in [3.63, 3.8) is 0 Å². The Kier molecular flexibility index (Phi) is 4.79. The lowest BCUT2D eigenvalue weighted by atomic mass is 10.0. The number of ether oxygens (including phenoxy) is 2. The lowest BCUT2D eigenvalue weighted by Gasteiger charge is -2.10. The van der Waals surface area contributed by atoms with Gasteiger partial charge < -0.3 is 19.4 Å². The van der Waals surface area contributed by atoms with E-state index in [0.29, 0.717) is 0 Å². The molecule has 29 heavy (non-hydrogen) atoms. The van der Waals surface area contributed by atoms with Gasteiger partial charge in [-0.3, -0.25) is 4.79 Å². The Hall–Kier alpha value is -3.33. The number of esters is 1. The molecule has 0 aromatic heterocycles. The molecule has 2 aromatic carbocycles. The van der Waals surface area contributed by atoms with Crippen LogP contribution in [0.2, 0.25) is 0 Å². The number of rotatable bonds is 7. The molecule has 3 rings (SSSR count). The van der Waals surface area contributed by atoms with Gasteiger partial charge in [-0.15, -0.1) is 0 Å². The van der Waals surface area contributed by atoms with Gasteiger partial charge in [0.15, 0.2) is 6.08 Å². The third kappa shape index (κ3) is 4.75. The number of benzene rings is 2. The molecule has 9 heteroatoms. The molecule has 8 nitrogen and oxygen atoms in total. The minimum atomic E-state index is -5.07. The lowest BCUT2D eigenvalue weighted by Crippen LogP contribution is -2.16. The summed E-state index contributed by atoms with van der Waals surface area (Å²) in [5, 5.41) is 0. The fraction of sp³-hybridized carbons (Fsp3) is 0.200. The molecule has 2 N–H and O–H groups in total. The summed E-state index contributed by atoms with van der Waals surface area (Å²) in [4.78, 5) is 24.6. The summed E-state index contributed by atoms with van der Waals surface area (Å²) < 4.78 is 64.3. The van der Waals surface area contributed by atoms with Gasteiger partial charge in [-0.2, -0.15) is 8.42 Å². The summed E-state index contributed by atoms with van der Waals surface area (Å²) in [5.41, 5.74) is 2.49. The van der Waals surface area contributed by atoms with Crippen LogP contribution < -0.4 is 5.73 Å². The van der Waals surface area contributed by atoms with Crippen molar-refractivity contribution in [1.82, 2.24) is 0 Å². The van der Waals surface area contributed by atoms with Gasteiger partial charge in [0.05, 0.1) is 16.3 Å². The van der Waals surface area contributed by atoms with Crippen molar-refractivity contribution in [3.05, 3.63) is 82.9 Å². The van der Waals surface area contributed by atoms with Crippen LogP contribution in [0.3, 0.4) is 0 Å². The van der Waals surface area contributed by atoms with Crippen molar-refractivity contribution < 1.29 is 35.8 Å². The van der Waals surface area contributed by atoms with E-state index in [4.69, 9.17) is 23.5 Å². The molecule has 2 aromatic rings. The van der Waals surface area contributed by atoms with Crippen LogP contribution in [0.4, 0.5) is 0 Å². The van der Waals surface area contributed by atoms with E-state index in [0.717, 1.165) is 0 Å². The molecule has 0 spiro atoms. The Morgan fingerprint density at radius 1 is 1.21 bits per heavy atom. The first kappa shape index (κ1) is 16.6. The maximum absolute atomic E-state index is 12.8. The summed E-state index contributed by atoms with van der Waals surface area (Å²) >= 11 is 0. The summed E-state index contributed by atoms with van der Waals surface area (Å²) in [7, 11) is -5.07. The standard InChI is InChI=1S/C20H19NO7S/c1-2-26-20(23)15-10-8-14(9-11-15)17-16(22)18(19(21)27-17)28-29(24,25)12-13-6-4-3-5-7-13/h3-11,17H,2,12,21H2,1H3/i12D2,17D. The zero-order valence-corrected chi connectivity index (χ0v) is 16.1. The van der Waals surface area contributed by atoms with Crippen molar-refractivity contribution in [2.45, 2.75) is 18.7 Å². The number of carbonyl (C=O) groups is 2. The van der Waals surface area contributed by atoms with Crippen LogP contribution in [-0.2, 0) is 34.3 Å². The molecule has 0 saturated heterocycles. The van der Waals surface area contributed by atoms with Crippen LogP contribution in [0.15, 0.2) is 66.2 Å². The maximum atomic E-state index is 12.8. The van der Waals surface area contributed by atoms with Crippen LogP contribution in [0.1, 0.15) is 38.6 Å². The third-order valence-electron chi connectivity index (χ3n) is 3.72. The largest absolute Gasteiger partial charge is 0.462 e. The summed E-state index contributed by atoms with van der Waals surface area (Å²) in [6, 6.07) is 12.1. The quantitative estimate of drug-likeness (QED) is 0.534. The van der Waals surface area contributed by atoms with E-state index in [9.17, 15) is 18.0 Å². The van der Waals surface area contributed by atoms with Crippen LogP contribution in [-0.4, -0.2) is 26.8 Å². The monoisotopic (exact) mass is 420 g/mol. The Labute approximate surface area is 172 Å². The van der Waals surface area contributed by atoms with Crippen molar-refractivity contribution in [2.75, 3.05) is 6.61 Å². The summed E-state index contributed by atoms with van der Waals surface area (Å²) in [6.07, 6.45) is -2.48. The van der Waals surface area contributed by atoms with Crippen LogP contribution in [0, 0.1) is 0 Å². The number of Topliss-reactive ketones (excluding diaryl/α,β-unsaturated/α-hetero) is 1. The van der Waals surface area contributed by atoms with Gasteiger partial charge in [0.1, 0.15) is 5.70 Å². The average Bonchev–Trinajstić information content (AvgIpc) is 2.98. The normalized spacial score (nSPS) is 21.0. The van der Waals surface area contributed by atoms with Crippen molar-refractivity contribution in [2.24, 2.45) is 5.73 Å². The van der Waals surface area contributed by atoms with Gasteiger partial charge in [-0.1, -0.05) is 42.5 Å². The van der Waals surface area contributed by atoms with Crippen LogP contribution >= 0.6 is 0 Å². The molecule has 1 unspecified atom stereocenters. The highest BCUT2D eigenvalue weighted by atomic mass is 32.2. The van der Waals surface area contributed by atoms with Gasteiger partial charge in [0.2, 0.25) is 17.4 Å². The Bertz CT molecular complexity index is 1180. The second-order valence-electron chi connectivity index (χ2n) is 5.76. The average molecular weight is 420 g/mol. The molecule has 1 atom stereocenters. The smallest absolute Gasteiger partial charge is 0.338 e. The van der Waals surface area contributed by atoms with E-state index in [-0.39, 0.29) is 23.3 Å². The maximum Gasteiger partial charge on any atom is 0.338 e. The first-order chi connectivity index (χ1) is 14.9. The molecular weight excluding hydrogens is 398 g/mol. The van der Waals surface area contributed by atoms with Crippen molar-refractivity contribution >= 4 is 21.9 Å². The molecule has 0 bridgehead atoms. The minimum absolute atomic E-state index is 0.0550. The Morgan fingerprint density at radius 2 is 1.86 bits per heavy atom. The van der Waals surface area contributed by atoms with E-state index in [1.807, 2.05) is 0 Å². The number of hydrogen-bond acceptors (Lipinski definition) is 8. The van der Waals surface area contributed by atoms with E-state index in [1.54, 1.807) is 13.0 Å². The second-order valence-corrected chi connectivity index (χ2v) is 7.04. The highest BCUT2D eigenvalue weighted by Crippen LogP contribution is 2.32. The molecule has 1 aliphatic rings. The summed E-state index contributed by atoms with van der Waals surface area (Å²) in [6.45, 7) is 1.80. The molecule has 0 aliphatic carbocycles. The van der Waals surface area contributed by atoms with Gasteiger partial charge >= 0.3 is 16.1 Å². The Balaban J connectivity index is 1.87. The minimum Gasteiger partial charge on any atom is -0.462 e. The molecule has 152 valence electrons. The second kappa shape index (κ2) is 8.36. The highest BCUT2D eigenvalue weighted by molar-refractivity contribution is 7.86. The van der Waals surface area contributed by atoms with E-state index < -0.39 is 45.3 Å². The van der Waals surface area contributed by atoms with Gasteiger partial charge in [0.25, 0.3) is 0 Å². The fourth-order valence-corrected chi connectivity index (χ4v) is 3.28. The molecule has 1 heterocycles. The Morgan fingerprint density at radius 3 is 2.48 bits per heavy atom. The first-order valence-electron chi connectivity index (χ1n) is 9.95. The molecule has 0 amide bonds. The van der Waals surface area contributed by atoms with Crippen LogP contribution in [0.25, 0.3) is 0 Å². The zero-order valence-electron chi connectivity index (χ0n) is 18.2. The lowest BCUT2D eigenvalue weighted by molar-refractivity contribution is -0.123. The third-order valence-corrected chi connectivity index (χ3v) is 4.59. The van der Waals surface area contributed by atoms with Crippen molar-refractivity contribution in [3.8, 4) is 0 Å². The fourth-order valence-electron chi connectivity index (χ4n) is 2.44. The number of nitrogens with two attached hydrogens (primary N) is 1. The van der Waals surface area contributed by atoms with E-state index >= 15 is 0 Å². The molecule has 1 aliphatic heterocycles. The number of ketones is 1. The predicted molar refractivity (Wildman–Crippen MR) is 103 cm³/mol.